The Balaban J connectivity index is 2.07. The molecule has 3 heterocycles. The van der Waals surface area contributed by atoms with E-state index in [0.717, 1.165) is 0 Å². The highest BCUT2D eigenvalue weighted by molar-refractivity contribution is 7.91. The van der Waals surface area contributed by atoms with Gasteiger partial charge in [-0.25, -0.2) is 13.4 Å². The quantitative estimate of drug-likeness (QED) is 0.682. The van der Waals surface area contributed by atoms with Crippen LogP contribution in [0.25, 0.3) is 0 Å². The second-order valence-electron chi connectivity index (χ2n) is 4.59. The van der Waals surface area contributed by atoms with Crippen molar-refractivity contribution in [1.29, 1.82) is 0 Å². The summed E-state index contributed by atoms with van der Waals surface area (Å²) in [7, 11) is -3.10. The van der Waals surface area contributed by atoms with Gasteiger partial charge in [0.05, 0.1) is 23.7 Å². The van der Waals surface area contributed by atoms with Gasteiger partial charge in [-0.3, -0.25) is 4.79 Å². The molecule has 1 unspecified atom stereocenters. The van der Waals surface area contributed by atoms with Crippen molar-refractivity contribution in [1.82, 2.24) is 9.97 Å². The summed E-state index contributed by atoms with van der Waals surface area (Å²) in [5, 5.41) is 2.75. The van der Waals surface area contributed by atoms with Gasteiger partial charge in [0.1, 0.15) is 5.69 Å². The van der Waals surface area contributed by atoms with E-state index in [0.29, 0.717) is 18.1 Å². The molecule has 0 aliphatic carbocycles. The first-order chi connectivity index (χ1) is 8.94. The third-order valence-electron chi connectivity index (χ3n) is 3.24. The van der Waals surface area contributed by atoms with Gasteiger partial charge in [-0.1, -0.05) is 0 Å². The van der Waals surface area contributed by atoms with E-state index in [9.17, 15) is 13.2 Å². The molecule has 1 aromatic heterocycles. The lowest BCUT2D eigenvalue weighted by molar-refractivity contribution is -0.116. The Hall–Kier alpha value is -1.41. The summed E-state index contributed by atoms with van der Waals surface area (Å²) in [6, 6.07) is -0.397. The molecule has 102 valence electrons. The fourth-order valence-corrected chi connectivity index (χ4v) is 4.06. The van der Waals surface area contributed by atoms with E-state index in [1.807, 2.05) is 4.90 Å². The minimum absolute atomic E-state index is 0.0402. The van der Waals surface area contributed by atoms with Crippen molar-refractivity contribution in [3.05, 3.63) is 11.5 Å². The minimum atomic E-state index is -3.10. The maximum absolute atomic E-state index is 11.8. The zero-order chi connectivity index (χ0) is 13.6. The first-order valence-electron chi connectivity index (χ1n) is 5.74. The molecule has 1 fully saturated rings. The third kappa shape index (κ3) is 2.37. The number of carbonyl (C=O) groups excluding carboxylic acids is 1. The molecule has 0 aromatic carbocycles. The molecule has 0 bridgehead atoms. The van der Waals surface area contributed by atoms with Crippen molar-refractivity contribution in [2.75, 3.05) is 28.3 Å². The van der Waals surface area contributed by atoms with Crippen LogP contribution >= 0.6 is 11.6 Å². The molecule has 19 heavy (non-hydrogen) atoms. The van der Waals surface area contributed by atoms with Gasteiger partial charge in [-0.15, -0.1) is 0 Å². The Morgan fingerprint density at radius 1 is 1.47 bits per heavy atom. The standard InChI is InChI=1S/C10H11ClN4O3S/c11-10-12-4-7-9(14-10)15-1-2-19(17,18)5-6(15)3-8(16)13-7/h4,6H,1-3,5H2,(H,13,16). The molecule has 9 heteroatoms. The minimum Gasteiger partial charge on any atom is -0.349 e. The lowest BCUT2D eigenvalue weighted by atomic mass is 10.2. The highest BCUT2D eigenvalue weighted by Crippen LogP contribution is 2.31. The number of sulfone groups is 1. The summed E-state index contributed by atoms with van der Waals surface area (Å²) in [6.07, 6.45) is 1.56. The SMILES string of the molecule is O=C1CC2CS(=O)(=O)CCN2c2nc(Cl)ncc2N1. The summed E-state index contributed by atoms with van der Waals surface area (Å²) in [5.74, 6) is 0.266. The second kappa shape index (κ2) is 4.31. The van der Waals surface area contributed by atoms with E-state index in [1.165, 1.54) is 6.20 Å². The highest BCUT2D eigenvalue weighted by Gasteiger charge is 2.36. The van der Waals surface area contributed by atoms with Gasteiger partial charge in [-0.05, 0) is 11.6 Å². The Kier molecular flexibility index (Phi) is 2.86. The predicted octanol–water partition coefficient (Wildman–Crippen LogP) is 0.0756. The Morgan fingerprint density at radius 2 is 2.26 bits per heavy atom. The van der Waals surface area contributed by atoms with E-state index in [4.69, 9.17) is 11.6 Å². The topological polar surface area (TPSA) is 92.3 Å². The number of hydrogen-bond donors (Lipinski definition) is 1. The fraction of sp³-hybridized carbons (Fsp3) is 0.500. The number of halogens is 1. The monoisotopic (exact) mass is 302 g/mol. The smallest absolute Gasteiger partial charge is 0.226 e. The molecule has 1 atom stereocenters. The van der Waals surface area contributed by atoms with Crippen molar-refractivity contribution in [3.8, 4) is 0 Å². The van der Waals surface area contributed by atoms with Gasteiger partial charge < -0.3 is 10.2 Å². The van der Waals surface area contributed by atoms with Crippen LogP contribution in [0.3, 0.4) is 0 Å². The van der Waals surface area contributed by atoms with Crippen LogP contribution in [-0.2, 0) is 14.6 Å². The van der Waals surface area contributed by atoms with Crippen molar-refractivity contribution in [2.24, 2.45) is 0 Å². The van der Waals surface area contributed by atoms with Crippen molar-refractivity contribution >= 4 is 38.9 Å². The number of hydrogen-bond acceptors (Lipinski definition) is 6. The number of aromatic nitrogens is 2. The van der Waals surface area contributed by atoms with Crippen LogP contribution in [0.2, 0.25) is 5.28 Å². The zero-order valence-corrected chi connectivity index (χ0v) is 11.4. The molecule has 0 saturated carbocycles. The summed E-state index contributed by atoms with van der Waals surface area (Å²) >= 11 is 5.77. The van der Waals surface area contributed by atoms with Gasteiger partial charge in [0, 0.05) is 13.0 Å². The van der Waals surface area contributed by atoms with Crippen LogP contribution in [-0.4, -0.2) is 48.4 Å². The van der Waals surface area contributed by atoms with Crippen molar-refractivity contribution in [3.63, 3.8) is 0 Å². The van der Waals surface area contributed by atoms with Crippen LogP contribution in [0.4, 0.5) is 11.5 Å². The van der Waals surface area contributed by atoms with Gasteiger partial charge in [0.2, 0.25) is 11.2 Å². The van der Waals surface area contributed by atoms with Gasteiger partial charge in [-0.2, -0.15) is 4.98 Å². The lowest BCUT2D eigenvalue weighted by Crippen LogP contribution is -2.49. The lowest BCUT2D eigenvalue weighted by Gasteiger charge is -2.34. The summed E-state index contributed by atoms with van der Waals surface area (Å²) < 4.78 is 23.4. The number of carbonyl (C=O) groups is 1. The van der Waals surface area contributed by atoms with Gasteiger partial charge in [0.25, 0.3) is 0 Å². The molecule has 0 radical (unpaired) electrons. The molecule has 3 rings (SSSR count). The molecule has 1 N–H and O–H groups in total. The summed E-state index contributed by atoms with van der Waals surface area (Å²) in [6.45, 7) is 0.308. The molecule has 2 aliphatic heterocycles. The first kappa shape index (κ1) is 12.6. The highest BCUT2D eigenvalue weighted by atomic mass is 35.5. The Bertz CT molecular complexity index is 648. The molecular weight excluding hydrogens is 292 g/mol. The van der Waals surface area contributed by atoms with Crippen LogP contribution in [0, 0.1) is 0 Å². The molecule has 2 aliphatic rings. The van der Waals surface area contributed by atoms with Crippen LogP contribution in [0.5, 0.6) is 0 Å². The predicted molar refractivity (Wildman–Crippen MR) is 70.1 cm³/mol. The average Bonchev–Trinajstić information content (AvgIpc) is 2.43. The Morgan fingerprint density at radius 3 is 3.05 bits per heavy atom. The summed E-state index contributed by atoms with van der Waals surface area (Å²) in [4.78, 5) is 21.5. The van der Waals surface area contributed by atoms with Crippen LogP contribution < -0.4 is 10.2 Å². The number of nitrogens with zero attached hydrogens (tertiary/aromatic N) is 3. The van der Waals surface area contributed by atoms with E-state index in [-0.39, 0.29) is 29.1 Å². The Labute approximate surface area is 114 Å². The fourth-order valence-electron chi connectivity index (χ4n) is 2.41. The van der Waals surface area contributed by atoms with E-state index >= 15 is 0 Å². The molecule has 7 nitrogen and oxygen atoms in total. The van der Waals surface area contributed by atoms with Crippen molar-refractivity contribution < 1.29 is 13.2 Å². The van der Waals surface area contributed by atoms with Crippen LogP contribution in [0.1, 0.15) is 6.42 Å². The molecular formula is C10H11ClN4O3S. The molecule has 1 saturated heterocycles. The third-order valence-corrected chi connectivity index (χ3v) is 5.12. The number of amides is 1. The normalized spacial score (nSPS) is 25.0. The van der Waals surface area contributed by atoms with E-state index in [2.05, 4.69) is 15.3 Å². The van der Waals surface area contributed by atoms with Crippen molar-refractivity contribution in [2.45, 2.75) is 12.5 Å². The number of rotatable bonds is 0. The number of nitrogens with one attached hydrogen (secondary N) is 1. The molecule has 1 aromatic rings. The van der Waals surface area contributed by atoms with Crippen LogP contribution in [0.15, 0.2) is 6.20 Å². The average molecular weight is 303 g/mol. The zero-order valence-electron chi connectivity index (χ0n) is 9.84. The second-order valence-corrected chi connectivity index (χ2v) is 7.16. The molecule has 0 spiro atoms. The molecule has 1 amide bonds. The number of fused-ring (bicyclic) bond motifs is 3. The maximum atomic E-state index is 11.8. The van der Waals surface area contributed by atoms with Gasteiger partial charge >= 0.3 is 0 Å². The number of anilines is 2. The van der Waals surface area contributed by atoms with E-state index in [1.54, 1.807) is 0 Å². The van der Waals surface area contributed by atoms with E-state index < -0.39 is 15.9 Å². The maximum Gasteiger partial charge on any atom is 0.226 e. The first-order valence-corrected chi connectivity index (χ1v) is 7.94. The van der Waals surface area contributed by atoms with Gasteiger partial charge in [0.15, 0.2) is 15.7 Å². The summed E-state index contributed by atoms with van der Waals surface area (Å²) in [5.41, 5.74) is 0.469. The largest absolute Gasteiger partial charge is 0.349 e.